The van der Waals surface area contributed by atoms with Crippen molar-refractivity contribution < 1.29 is 18.0 Å². The van der Waals surface area contributed by atoms with E-state index in [-0.39, 0.29) is 18.9 Å². The molecule has 1 amide bonds. The van der Waals surface area contributed by atoms with E-state index in [4.69, 9.17) is 0 Å². The summed E-state index contributed by atoms with van der Waals surface area (Å²) in [5, 5.41) is 1.05. The molecule has 1 aliphatic rings. The second kappa shape index (κ2) is 6.28. The summed E-state index contributed by atoms with van der Waals surface area (Å²) in [7, 11) is 0. The minimum atomic E-state index is -4.36. The lowest BCUT2D eigenvalue weighted by molar-refractivity contribution is -0.190. The Balaban J connectivity index is 1.98. The summed E-state index contributed by atoms with van der Waals surface area (Å²) in [5.41, 5.74) is 2.61. The number of rotatable bonds is 5. The zero-order valence-corrected chi connectivity index (χ0v) is 12.8. The Morgan fingerprint density at radius 3 is 2.41 bits per heavy atom. The molecule has 22 heavy (non-hydrogen) atoms. The highest BCUT2D eigenvalue weighted by atomic mass is 19.4. The number of hydrazine groups is 1. The molecule has 1 aromatic rings. The maximum absolute atomic E-state index is 13.3. The van der Waals surface area contributed by atoms with Crippen molar-refractivity contribution in [1.82, 2.24) is 10.4 Å². The average Bonchev–Trinajstić information content (AvgIpc) is 2.68. The standard InChI is InChI=1S/C16H21F3N2O/c1-15(2)11-21(20-14(15)22)13(16(17,18)19)10-6-9-12-7-4-3-5-8-12/h3-5,7-8,13H,6,9-11H2,1-2H3,(H,20,22)/t13-/m0/s1. The van der Waals surface area contributed by atoms with Crippen molar-refractivity contribution in [2.24, 2.45) is 5.41 Å². The van der Waals surface area contributed by atoms with Crippen LogP contribution in [0.5, 0.6) is 0 Å². The monoisotopic (exact) mass is 314 g/mol. The van der Waals surface area contributed by atoms with E-state index in [9.17, 15) is 18.0 Å². The Labute approximate surface area is 128 Å². The van der Waals surface area contributed by atoms with Gasteiger partial charge in [0.1, 0.15) is 6.04 Å². The number of nitrogens with zero attached hydrogens (tertiary/aromatic N) is 1. The number of carbonyl (C=O) groups excluding carboxylic acids is 1. The van der Waals surface area contributed by atoms with E-state index in [2.05, 4.69) is 5.43 Å². The van der Waals surface area contributed by atoms with Crippen LogP contribution in [0.1, 0.15) is 32.3 Å². The lowest BCUT2D eigenvalue weighted by atomic mass is 9.94. The Morgan fingerprint density at radius 1 is 1.27 bits per heavy atom. The highest BCUT2D eigenvalue weighted by Gasteiger charge is 2.49. The number of aryl methyl sites for hydroxylation is 1. The SMILES string of the molecule is CC1(C)CN([C@@H](CCCc2ccccc2)C(F)(F)F)NC1=O. The lowest BCUT2D eigenvalue weighted by Crippen LogP contribution is -2.50. The molecule has 1 aliphatic heterocycles. The summed E-state index contributed by atoms with van der Waals surface area (Å²) < 4.78 is 39.9. The topological polar surface area (TPSA) is 32.3 Å². The molecular formula is C16H21F3N2O. The molecule has 1 N–H and O–H groups in total. The van der Waals surface area contributed by atoms with E-state index in [1.54, 1.807) is 13.8 Å². The van der Waals surface area contributed by atoms with Crippen LogP contribution < -0.4 is 5.43 Å². The largest absolute Gasteiger partial charge is 0.405 e. The van der Waals surface area contributed by atoms with Crippen LogP contribution in [-0.2, 0) is 11.2 Å². The Morgan fingerprint density at radius 2 is 1.91 bits per heavy atom. The van der Waals surface area contributed by atoms with Gasteiger partial charge in [0.2, 0.25) is 5.91 Å². The van der Waals surface area contributed by atoms with E-state index in [0.29, 0.717) is 12.8 Å². The van der Waals surface area contributed by atoms with Crippen LogP contribution in [0.4, 0.5) is 13.2 Å². The van der Waals surface area contributed by atoms with Crippen molar-refractivity contribution in [3.63, 3.8) is 0 Å². The second-order valence-corrected chi connectivity index (χ2v) is 6.39. The number of nitrogens with one attached hydrogen (secondary N) is 1. The van der Waals surface area contributed by atoms with Gasteiger partial charge in [0.05, 0.1) is 5.41 Å². The van der Waals surface area contributed by atoms with Gasteiger partial charge in [-0.2, -0.15) is 13.2 Å². The third-order valence-electron chi connectivity index (χ3n) is 3.97. The first kappa shape index (κ1) is 16.8. The quantitative estimate of drug-likeness (QED) is 0.904. The maximum atomic E-state index is 13.3. The molecule has 0 aromatic heterocycles. The van der Waals surface area contributed by atoms with Crippen molar-refractivity contribution in [3.05, 3.63) is 35.9 Å². The molecule has 3 nitrogen and oxygen atoms in total. The summed E-state index contributed by atoms with van der Waals surface area (Å²) in [4.78, 5) is 11.7. The number of amides is 1. The highest BCUT2D eigenvalue weighted by molar-refractivity contribution is 5.83. The van der Waals surface area contributed by atoms with Gasteiger partial charge in [-0.1, -0.05) is 30.3 Å². The summed E-state index contributed by atoms with van der Waals surface area (Å²) in [6.45, 7) is 3.38. The van der Waals surface area contributed by atoms with Gasteiger partial charge < -0.3 is 0 Å². The van der Waals surface area contributed by atoms with Gasteiger partial charge in [0.25, 0.3) is 0 Å². The summed E-state index contributed by atoms with van der Waals surface area (Å²) in [6, 6.07) is 7.80. The Kier molecular flexibility index (Phi) is 4.80. The molecule has 1 saturated heterocycles. The van der Waals surface area contributed by atoms with Gasteiger partial charge in [0.15, 0.2) is 0 Å². The second-order valence-electron chi connectivity index (χ2n) is 6.39. The van der Waals surface area contributed by atoms with Crippen LogP contribution in [0.15, 0.2) is 30.3 Å². The molecule has 0 radical (unpaired) electrons. The Hall–Kier alpha value is -1.56. The van der Waals surface area contributed by atoms with Crippen molar-refractivity contribution in [3.8, 4) is 0 Å². The number of benzene rings is 1. The van der Waals surface area contributed by atoms with Gasteiger partial charge in [-0.25, -0.2) is 5.01 Å². The predicted molar refractivity (Wildman–Crippen MR) is 77.9 cm³/mol. The minimum absolute atomic E-state index is 0.0330. The molecule has 1 heterocycles. The molecule has 0 aliphatic carbocycles. The van der Waals surface area contributed by atoms with Crippen LogP contribution in [0.2, 0.25) is 0 Å². The van der Waals surface area contributed by atoms with E-state index >= 15 is 0 Å². The fraction of sp³-hybridized carbons (Fsp3) is 0.562. The number of carbonyl (C=O) groups is 1. The molecule has 6 heteroatoms. The molecule has 0 bridgehead atoms. The van der Waals surface area contributed by atoms with Gasteiger partial charge in [0, 0.05) is 6.54 Å². The van der Waals surface area contributed by atoms with E-state index < -0.39 is 17.6 Å². The van der Waals surface area contributed by atoms with E-state index in [1.165, 1.54) is 0 Å². The average molecular weight is 314 g/mol. The first-order valence-electron chi connectivity index (χ1n) is 7.38. The first-order valence-corrected chi connectivity index (χ1v) is 7.38. The third kappa shape index (κ3) is 4.00. The van der Waals surface area contributed by atoms with Crippen molar-refractivity contribution >= 4 is 5.91 Å². The van der Waals surface area contributed by atoms with Crippen LogP contribution >= 0.6 is 0 Å². The van der Waals surface area contributed by atoms with Crippen LogP contribution in [0, 0.1) is 5.41 Å². The summed E-state index contributed by atoms with van der Waals surface area (Å²) >= 11 is 0. The third-order valence-corrected chi connectivity index (χ3v) is 3.97. The zero-order valence-electron chi connectivity index (χ0n) is 12.8. The summed E-state index contributed by atoms with van der Waals surface area (Å²) in [5.74, 6) is -0.357. The van der Waals surface area contributed by atoms with Gasteiger partial charge >= 0.3 is 6.18 Å². The maximum Gasteiger partial charge on any atom is 0.405 e. The number of hydrogen-bond acceptors (Lipinski definition) is 2. The van der Waals surface area contributed by atoms with Crippen LogP contribution in [-0.4, -0.2) is 29.7 Å². The number of alkyl halides is 3. The van der Waals surface area contributed by atoms with Crippen molar-refractivity contribution in [1.29, 1.82) is 0 Å². The summed E-state index contributed by atoms with van der Waals surface area (Å²) in [6.07, 6.45) is -3.38. The minimum Gasteiger partial charge on any atom is -0.288 e. The molecule has 1 fully saturated rings. The molecule has 0 unspecified atom stereocenters. The fourth-order valence-electron chi connectivity index (χ4n) is 2.65. The van der Waals surface area contributed by atoms with E-state index in [0.717, 1.165) is 10.6 Å². The molecule has 1 atom stereocenters. The van der Waals surface area contributed by atoms with Gasteiger partial charge in [-0.3, -0.25) is 10.2 Å². The van der Waals surface area contributed by atoms with E-state index in [1.807, 2.05) is 30.3 Å². The molecule has 1 aromatic carbocycles. The predicted octanol–water partition coefficient (Wildman–Crippen LogP) is 3.31. The molecule has 2 rings (SSSR count). The van der Waals surface area contributed by atoms with Crippen LogP contribution in [0.3, 0.4) is 0 Å². The number of halogens is 3. The van der Waals surface area contributed by atoms with Crippen molar-refractivity contribution in [2.45, 2.75) is 45.3 Å². The fourth-order valence-corrected chi connectivity index (χ4v) is 2.65. The molecule has 0 spiro atoms. The molecule has 122 valence electrons. The van der Waals surface area contributed by atoms with Gasteiger partial charge in [-0.15, -0.1) is 0 Å². The van der Waals surface area contributed by atoms with Crippen LogP contribution in [0.25, 0.3) is 0 Å². The zero-order chi connectivity index (χ0) is 16.4. The normalized spacial score (nSPS) is 20.0. The number of hydrogen-bond donors (Lipinski definition) is 1. The molecular weight excluding hydrogens is 293 g/mol. The lowest BCUT2D eigenvalue weighted by Gasteiger charge is -2.29. The van der Waals surface area contributed by atoms with Crippen molar-refractivity contribution in [2.75, 3.05) is 6.54 Å². The highest BCUT2D eigenvalue weighted by Crippen LogP contribution is 2.33. The molecule has 0 saturated carbocycles. The van der Waals surface area contributed by atoms with Gasteiger partial charge in [-0.05, 0) is 38.7 Å². The Bertz CT molecular complexity index is 514. The first-order chi connectivity index (χ1) is 10.2. The smallest absolute Gasteiger partial charge is 0.288 e.